The minimum absolute atomic E-state index is 0.0200. The number of carbonyl (C=O) groups excluding carboxylic acids is 1. The van der Waals surface area contributed by atoms with Gasteiger partial charge in [0.1, 0.15) is 5.01 Å². The zero-order chi connectivity index (χ0) is 24.3. The highest BCUT2D eigenvalue weighted by molar-refractivity contribution is 7.18. The second-order valence-corrected chi connectivity index (χ2v) is 10.5. The molecule has 10 heteroatoms. The van der Waals surface area contributed by atoms with Crippen molar-refractivity contribution in [1.29, 1.82) is 0 Å². The van der Waals surface area contributed by atoms with Gasteiger partial charge < -0.3 is 4.90 Å². The predicted octanol–water partition coefficient (Wildman–Crippen LogP) is 5.24. The largest absolute Gasteiger partial charge is 0.449 e. The second-order valence-electron chi connectivity index (χ2n) is 9.48. The molecule has 0 radical (unpaired) electrons. The van der Waals surface area contributed by atoms with Gasteiger partial charge in [0.2, 0.25) is 11.7 Å². The third-order valence-electron chi connectivity index (χ3n) is 6.84. The number of alkyl halides is 3. The van der Waals surface area contributed by atoms with Crippen molar-refractivity contribution < 1.29 is 18.0 Å². The molecule has 1 aromatic carbocycles. The summed E-state index contributed by atoms with van der Waals surface area (Å²) in [5, 5.41) is 0.477. The number of hydrogen-bond donors (Lipinski definition) is 0. The monoisotopic (exact) mass is 490 g/mol. The average Bonchev–Trinajstić information content (AvgIpc) is 3.20. The summed E-state index contributed by atoms with van der Waals surface area (Å²) in [4.78, 5) is 36.2. The smallest absolute Gasteiger partial charge is 0.333 e. The Hall–Kier alpha value is -2.75. The van der Waals surface area contributed by atoms with Gasteiger partial charge in [0.25, 0.3) is 5.56 Å². The Kier molecular flexibility index (Phi) is 5.54. The van der Waals surface area contributed by atoms with E-state index in [2.05, 4.69) is 22.1 Å². The van der Waals surface area contributed by atoms with E-state index in [1.807, 2.05) is 18.2 Å². The van der Waals surface area contributed by atoms with E-state index in [9.17, 15) is 22.8 Å². The summed E-state index contributed by atoms with van der Waals surface area (Å²) < 4.78 is 41.5. The second kappa shape index (κ2) is 8.18. The predicted molar refractivity (Wildman–Crippen MR) is 123 cm³/mol. The van der Waals surface area contributed by atoms with E-state index in [-0.39, 0.29) is 27.7 Å². The highest BCUT2D eigenvalue weighted by Crippen LogP contribution is 2.52. The van der Waals surface area contributed by atoms with E-state index in [1.54, 1.807) is 4.90 Å². The molecule has 5 rings (SSSR count). The zero-order valence-electron chi connectivity index (χ0n) is 18.9. The molecular weight excluding hydrogens is 465 g/mol. The van der Waals surface area contributed by atoms with Crippen LogP contribution in [-0.2, 0) is 16.4 Å². The lowest BCUT2D eigenvalue weighted by atomic mass is 9.92. The summed E-state index contributed by atoms with van der Waals surface area (Å²) >= 11 is 0.981. The Labute approximate surface area is 198 Å². The number of benzene rings is 1. The fourth-order valence-electron chi connectivity index (χ4n) is 4.95. The molecule has 2 aromatic heterocycles. The molecule has 2 fully saturated rings. The number of carbonyl (C=O) groups is 1. The van der Waals surface area contributed by atoms with Crippen LogP contribution in [0.5, 0.6) is 0 Å². The Morgan fingerprint density at radius 2 is 1.91 bits per heavy atom. The third kappa shape index (κ3) is 3.91. The quantitative estimate of drug-likeness (QED) is 0.491. The number of amides is 1. The third-order valence-corrected chi connectivity index (χ3v) is 7.89. The van der Waals surface area contributed by atoms with E-state index in [4.69, 9.17) is 0 Å². The minimum atomic E-state index is -4.76. The number of nitrogens with zero attached hydrogens (tertiary/aromatic N) is 4. The fourth-order valence-corrected chi connectivity index (χ4v) is 6.03. The van der Waals surface area contributed by atoms with Crippen LogP contribution in [0.25, 0.3) is 10.3 Å². The Balaban J connectivity index is 1.47. The van der Waals surface area contributed by atoms with Gasteiger partial charge >= 0.3 is 6.18 Å². The van der Waals surface area contributed by atoms with Gasteiger partial charge in [0.05, 0.1) is 6.04 Å². The molecule has 6 nitrogen and oxygen atoms in total. The maximum Gasteiger partial charge on any atom is 0.449 e. The van der Waals surface area contributed by atoms with Gasteiger partial charge in [-0.1, -0.05) is 41.7 Å². The first kappa shape index (κ1) is 23.0. The summed E-state index contributed by atoms with van der Waals surface area (Å²) in [6.07, 6.45) is -0.999. The Bertz CT molecular complexity index is 1300. The lowest BCUT2D eigenvalue weighted by Gasteiger charge is -2.26. The molecule has 0 N–H and O–H groups in total. The molecule has 1 aliphatic heterocycles. The normalized spacial score (nSPS) is 19.8. The van der Waals surface area contributed by atoms with Gasteiger partial charge in [-0.05, 0) is 45.1 Å². The molecule has 1 saturated heterocycles. The van der Waals surface area contributed by atoms with E-state index >= 15 is 0 Å². The lowest BCUT2D eigenvalue weighted by Crippen LogP contribution is -2.33. The van der Waals surface area contributed by atoms with Crippen molar-refractivity contribution in [3.63, 3.8) is 0 Å². The van der Waals surface area contributed by atoms with Gasteiger partial charge in [-0.2, -0.15) is 13.2 Å². The molecule has 1 aliphatic carbocycles. The van der Waals surface area contributed by atoms with Crippen molar-refractivity contribution in [2.45, 2.75) is 69.6 Å². The number of thiazole rings is 1. The molecule has 1 amide bonds. The van der Waals surface area contributed by atoms with Crippen molar-refractivity contribution in [1.82, 2.24) is 19.4 Å². The first-order chi connectivity index (χ1) is 16.1. The van der Waals surface area contributed by atoms with Gasteiger partial charge in [0.15, 0.2) is 10.3 Å². The van der Waals surface area contributed by atoms with E-state index in [0.29, 0.717) is 29.0 Å². The molecule has 0 unspecified atom stereocenters. The molecule has 3 aromatic rings. The Morgan fingerprint density at radius 1 is 1.21 bits per heavy atom. The molecule has 0 spiro atoms. The number of rotatable bonds is 5. The van der Waals surface area contributed by atoms with E-state index in [0.717, 1.165) is 36.2 Å². The van der Waals surface area contributed by atoms with Crippen LogP contribution in [0.3, 0.4) is 0 Å². The zero-order valence-corrected chi connectivity index (χ0v) is 19.7. The van der Waals surface area contributed by atoms with Crippen LogP contribution in [-0.4, -0.2) is 31.9 Å². The first-order valence-corrected chi connectivity index (χ1v) is 12.3. The summed E-state index contributed by atoms with van der Waals surface area (Å²) in [5.41, 5.74) is 0.167. The van der Waals surface area contributed by atoms with E-state index in [1.165, 1.54) is 13.8 Å². The molecule has 1 saturated carbocycles. The van der Waals surface area contributed by atoms with Crippen LogP contribution in [0.2, 0.25) is 0 Å². The first-order valence-electron chi connectivity index (χ1n) is 11.5. The maximum atomic E-state index is 13.6. The van der Waals surface area contributed by atoms with Crippen molar-refractivity contribution in [3.8, 4) is 0 Å². The molecule has 0 bridgehead atoms. The van der Waals surface area contributed by atoms with Gasteiger partial charge in [-0.15, -0.1) is 0 Å². The number of aromatic nitrogens is 3. The van der Waals surface area contributed by atoms with Crippen molar-refractivity contribution in [2.24, 2.45) is 0 Å². The van der Waals surface area contributed by atoms with Crippen LogP contribution in [0, 0.1) is 0 Å². The van der Waals surface area contributed by atoms with Gasteiger partial charge in [-0.3, -0.25) is 14.2 Å². The molecule has 34 heavy (non-hydrogen) atoms. The van der Waals surface area contributed by atoms with Crippen LogP contribution < -0.4 is 5.56 Å². The van der Waals surface area contributed by atoms with Crippen LogP contribution in [0.4, 0.5) is 13.2 Å². The number of halogens is 3. The van der Waals surface area contributed by atoms with E-state index < -0.39 is 23.6 Å². The van der Waals surface area contributed by atoms with Crippen LogP contribution in [0.15, 0.2) is 35.1 Å². The Morgan fingerprint density at radius 3 is 2.53 bits per heavy atom. The number of hydrogen-bond acceptors (Lipinski definition) is 5. The molecule has 3 heterocycles. The highest BCUT2D eigenvalue weighted by Gasteiger charge is 2.47. The minimum Gasteiger partial charge on any atom is -0.333 e. The number of fused-ring (bicyclic) bond motifs is 1. The average molecular weight is 491 g/mol. The number of likely N-dealkylation sites (tertiary alicyclic amines) is 1. The molecular formula is C24H25F3N4O2S. The summed E-state index contributed by atoms with van der Waals surface area (Å²) in [6.45, 7) is 3.59. The summed E-state index contributed by atoms with van der Waals surface area (Å²) in [5.74, 6) is -1.19. The molecule has 180 valence electrons. The topological polar surface area (TPSA) is 68.1 Å². The van der Waals surface area contributed by atoms with Crippen LogP contribution in [0.1, 0.15) is 74.4 Å². The van der Waals surface area contributed by atoms with Gasteiger partial charge in [-0.25, -0.2) is 9.97 Å². The van der Waals surface area contributed by atoms with Crippen molar-refractivity contribution in [3.05, 3.63) is 57.1 Å². The lowest BCUT2D eigenvalue weighted by molar-refractivity contribution is -0.148. The van der Waals surface area contributed by atoms with Crippen LogP contribution >= 0.6 is 11.3 Å². The summed E-state index contributed by atoms with van der Waals surface area (Å²) in [6, 6.07) is 8.95. The molecule has 1 atom stereocenters. The van der Waals surface area contributed by atoms with Crippen molar-refractivity contribution >= 4 is 27.6 Å². The molecule has 2 aliphatic rings. The maximum absolute atomic E-state index is 13.6. The highest BCUT2D eigenvalue weighted by atomic mass is 32.1. The summed E-state index contributed by atoms with van der Waals surface area (Å²) in [7, 11) is 0. The van der Waals surface area contributed by atoms with Crippen molar-refractivity contribution in [2.75, 3.05) is 6.54 Å². The SMILES string of the molecule is CC(C)n1c(C(F)(F)F)nc2sc([C@H]3CCCN3C(=O)CC3(c4ccccc4)CC3)nc2c1=O. The standard InChI is InChI=1S/C24H25F3N4O2S/c1-14(2)31-21(33)18-20(29-22(31)24(25,26)27)34-19(28-18)16-9-6-12-30(16)17(32)13-23(10-11-23)15-7-4-3-5-8-15/h3-5,7-8,14,16H,6,9-13H2,1-2H3/t16-/m1/s1. The fraction of sp³-hybridized carbons (Fsp3) is 0.500. The van der Waals surface area contributed by atoms with Gasteiger partial charge in [0, 0.05) is 24.4 Å².